The highest BCUT2D eigenvalue weighted by molar-refractivity contribution is 6.33. The number of benzene rings is 1. The Morgan fingerprint density at radius 3 is 2.65 bits per heavy atom. The fourth-order valence-electron chi connectivity index (χ4n) is 1.70. The van der Waals surface area contributed by atoms with Crippen LogP contribution in [-0.4, -0.2) is 23.1 Å². The number of carboxylic acid groups (broad SMARTS) is 1. The van der Waals surface area contributed by atoms with Gasteiger partial charge in [-0.2, -0.15) is 0 Å². The van der Waals surface area contributed by atoms with Crippen molar-refractivity contribution in [2.45, 2.75) is 39.2 Å². The van der Waals surface area contributed by atoms with Crippen LogP contribution in [0.3, 0.4) is 0 Å². The lowest BCUT2D eigenvalue weighted by Gasteiger charge is -2.15. The molecule has 2 amide bonds. The SMILES string of the molecule is CCCCC(NC(=O)Nc1ccc(C)cc1Cl)C(=O)O. The van der Waals surface area contributed by atoms with Crippen LogP contribution in [0.25, 0.3) is 0 Å². The van der Waals surface area contributed by atoms with E-state index < -0.39 is 18.0 Å². The summed E-state index contributed by atoms with van der Waals surface area (Å²) < 4.78 is 0. The van der Waals surface area contributed by atoms with E-state index in [1.807, 2.05) is 19.9 Å². The quantitative estimate of drug-likeness (QED) is 0.753. The Morgan fingerprint density at radius 1 is 1.40 bits per heavy atom. The van der Waals surface area contributed by atoms with E-state index in [4.69, 9.17) is 16.7 Å². The molecule has 20 heavy (non-hydrogen) atoms. The van der Waals surface area contributed by atoms with Crippen LogP contribution in [0.5, 0.6) is 0 Å². The first-order valence-electron chi connectivity index (χ1n) is 6.50. The van der Waals surface area contributed by atoms with E-state index in [9.17, 15) is 9.59 Å². The zero-order valence-electron chi connectivity index (χ0n) is 11.6. The summed E-state index contributed by atoms with van der Waals surface area (Å²) in [5, 5.41) is 14.4. The fraction of sp³-hybridized carbons (Fsp3) is 0.429. The average Bonchev–Trinajstić information content (AvgIpc) is 2.37. The number of rotatable bonds is 6. The number of urea groups is 1. The third kappa shape index (κ3) is 5.09. The zero-order valence-corrected chi connectivity index (χ0v) is 12.3. The number of nitrogens with one attached hydrogen (secondary N) is 2. The number of carboxylic acids is 1. The van der Waals surface area contributed by atoms with E-state index in [1.165, 1.54) is 0 Å². The Hall–Kier alpha value is -1.75. The third-order valence-electron chi connectivity index (χ3n) is 2.82. The van der Waals surface area contributed by atoms with Gasteiger partial charge in [-0.25, -0.2) is 9.59 Å². The largest absolute Gasteiger partial charge is 0.480 e. The number of amides is 2. The third-order valence-corrected chi connectivity index (χ3v) is 3.14. The van der Waals surface area contributed by atoms with Crippen LogP contribution >= 0.6 is 11.6 Å². The number of carbonyl (C=O) groups is 2. The summed E-state index contributed by atoms with van der Waals surface area (Å²) in [6, 6.07) is 3.76. The average molecular weight is 299 g/mol. The molecule has 0 fully saturated rings. The monoisotopic (exact) mass is 298 g/mol. The minimum atomic E-state index is -1.04. The van der Waals surface area contributed by atoms with Gasteiger partial charge < -0.3 is 15.7 Å². The van der Waals surface area contributed by atoms with E-state index in [0.29, 0.717) is 17.1 Å². The second-order valence-corrected chi connectivity index (χ2v) is 5.02. The molecule has 6 heteroatoms. The summed E-state index contributed by atoms with van der Waals surface area (Å²) >= 11 is 6.00. The van der Waals surface area contributed by atoms with Crippen molar-refractivity contribution < 1.29 is 14.7 Å². The van der Waals surface area contributed by atoms with Crippen molar-refractivity contribution in [2.24, 2.45) is 0 Å². The molecule has 110 valence electrons. The smallest absolute Gasteiger partial charge is 0.326 e. The molecule has 0 aliphatic heterocycles. The molecule has 0 aliphatic rings. The van der Waals surface area contributed by atoms with Crippen LogP contribution in [0.4, 0.5) is 10.5 Å². The van der Waals surface area contributed by atoms with Gasteiger partial charge in [-0.15, -0.1) is 0 Å². The van der Waals surface area contributed by atoms with Crippen LogP contribution in [0, 0.1) is 6.92 Å². The lowest BCUT2D eigenvalue weighted by atomic mass is 10.1. The van der Waals surface area contributed by atoms with Crippen molar-refractivity contribution in [1.29, 1.82) is 0 Å². The van der Waals surface area contributed by atoms with E-state index in [2.05, 4.69) is 10.6 Å². The number of halogens is 1. The Morgan fingerprint density at radius 2 is 2.10 bits per heavy atom. The van der Waals surface area contributed by atoms with Gasteiger partial charge in [0, 0.05) is 0 Å². The molecule has 0 aliphatic carbocycles. The van der Waals surface area contributed by atoms with Crippen molar-refractivity contribution >= 4 is 29.3 Å². The molecule has 0 spiro atoms. The number of aryl methyl sites for hydroxylation is 1. The molecule has 3 N–H and O–H groups in total. The van der Waals surface area contributed by atoms with Crippen molar-refractivity contribution in [3.05, 3.63) is 28.8 Å². The lowest BCUT2D eigenvalue weighted by Crippen LogP contribution is -2.43. The first kappa shape index (κ1) is 16.3. The number of anilines is 1. The molecular weight excluding hydrogens is 280 g/mol. The van der Waals surface area contributed by atoms with E-state index in [0.717, 1.165) is 18.4 Å². The number of hydrogen-bond donors (Lipinski definition) is 3. The van der Waals surface area contributed by atoms with E-state index in [-0.39, 0.29) is 0 Å². The van der Waals surface area contributed by atoms with Gasteiger partial charge in [-0.1, -0.05) is 37.4 Å². The van der Waals surface area contributed by atoms with Gasteiger partial charge in [0.25, 0.3) is 0 Å². The number of carbonyl (C=O) groups excluding carboxylic acids is 1. The number of hydrogen-bond acceptors (Lipinski definition) is 2. The van der Waals surface area contributed by atoms with Crippen molar-refractivity contribution in [3.63, 3.8) is 0 Å². The summed E-state index contributed by atoms with van der Waals surface area (Å²) in [5.74, 6) is -1.04. The second-order valence-electron chi connectivity index (χ2n) is 4.61. The van der Waals surface area contributed by atoms with Gasteiger partial charge in [0.05, 0.1) is 10.7 Å². The van der Waals surface area contributed by atoms with Crippen molar-refractivity contribution in [1.82, 2.24) is 5.32 Å². The molecular formula is C14H19ClN2O3. The second kappa shape index (κ2) is 7.75. The molecule has 1 aromatic carbocycles. The van der Waals surface area contributed by atoms with Gasteiger partial charge >= 0.3 is 12.0 Å². The molecule has 0 aromatic heterocycles. The first-order valence-corrected chi connectivity index (χ1v) is 6.88. The van der Waals surface area contributed by atoms with E-state index >= 15 is 0 Å². The van der Waals surface area contributed by atoms with Crippen molar-refractivity contribution in [3.8, 4) is 0 Å². The summed E-state index contributed by atoms with van der Waals surface area (Å²) in [6.07, 6.45) is 2.01. The number of aliphatic carboxylic acids is 1. The minimum absolute atomic E-state index is 0.404. The summed E-state index contributed by atoms with van der Waals surface area (Å²) in [5.41, 5.74) is 1.43. The molecule has 0 bridgehead atoms. The zero-order chi connectivity index (χ0) is 15.1. The van der Waals surface area contributed by atoms with Gasteiger partial charge in [0.1, 0.15) is 6.04 Å². The molecule has 1 atom stereocenters. The molecule has 0 heterocycles. The molecule has 5 nitrogen and oxygen atoms in total. The topological polar surface area (TPSA) is 78.4 Å². The first-order chi connectivity index (χ1) is 9.43. The highest BCUT2D eigenvalue weighted by Crippen LogP contribution is 2.22. The van der Waals surface area contributed by atoms with Crippen molar-refractivity contribution in [2.75, 3.05) is 5.32 Å². The molecule has 0 radical (unpaired) electrons. The maximum Gasteiger partial charge on any atom is 0.326 e. The Bertz CT molecular complexity index is 491. The lowest BCUT2D eigenvalue weighted by molar-refractivity contribution is -0.139. The Balaban J connectivity index is 2.63. The van der Waals surface area contributed by atoms with Gasteiger partial charge in [0.2, 0.25) is 0 Å². The highest BCUT2D eigenvalue weighted by Gasteiger charge is 2.19. The Labute approximate surface area is 123 Å². The summed E-state index contributed by atoms with van der Waals surface area (Å²) in [7, 11) is 0. The fourth-order valence-corrected chi connectivity index (χ4v) is 1.99. The van der Waals surface area contributed by atoms with Crippen LogP contribution in [0.1, 0.15) is 31.7 Å². The van der Waals surface area contributed by atoms with Gasteiger partial charge in [-0.05, 0) is 31.0 Å². The molecule has 0 saturated heterocycles. The predicted molar refractivity (Wildman–Crippen MR) is 79.3 cm³/mol. The Kier molecular flexibility index (Phi) is 6.31. The number of unbranched alkanes of at least 4 members (excludes halogenated alkanes) is 1. The molecule has 1 unspecified atom stereocenters. The maximum absolute atomic E-state index is 11.8. The van der Waals surface area contributed by atoms with Crippen LogP contribution in [0.15, 0.2) is 18.2 Å². The maximum atomic E-state index is 11.8. The normalized spacial score (nSPS) is 11.8. The van der Waals surface area contributed by atoms with E-state index in [1.54, 1.807) is 12.1 Å². The standard InChI is InChI=1S/C14H19ClN2O3/c1-3-4-5-12(13(18)19)17-14(20)16-11-7-6-9(2)8-10(11)15/h6-8,12H,3-5H2,1-2H3,(H,18,19)(H2,16,17,20). The summed E-state index contributed by atoms with van der Waals surface area (Å²) in [4.78, 5) is 22.8. The van der Waals surface area contributed by atoms with Crippen LogP contribution in [-0.2, 0) is 4.79 Å². The summed E-state index contributed by atoms with van der Waals surface area (Å²) in [6.45, 7) is 3.85. The van der Waals surface area contributed by atoms with Gasteiger partial charge in [-0.3, -0.25) is 0 Å². The predicted octanol–water partition coefficient (Wildman–Crippen LogP) is 3.41. The van der Waals surface area contributed by atoms with Gasteiger partial charge in [0.15, 0.2) is 0 Å². The minimum Gasteiger partial charge on any atom is -0.480 e. The highest BCUT2D eigenvalue weighted by atomic mass is 35.5. The molecule has 1 rings (SSSR count). The van der Waals surface area contributed by atoms with Crippen LogP contribution < -0.4 is 10.6 Å². The molecule has 0 saturated carbocycles. The van der Waals surface area contributed by atoms with Crippen LogP contribution in [0.2, 0.25) is 5.02 Å². The molecule has 1 aromatic rings.